The molecule has 6 rings (SSSR count). The maximum atomic E-state index is 13.0. The second kappa shape index (κ2) is 10.3. The Labute approximate surface area is 224 Å². The maximum absolute atomic E-state index is 13.0. The number of fused-ring (bicyclic) bond motifs is 2. The zero-order chi connectivity index (χ0) is 27.2. The predicted octanol–water partition coefficient (Wildman–Crippen LogP) is 6.17. The Morgan fingerprint density at radius 2 is 1.62 bits per heavy atom. The molecule has 3 aliphatic rings. The number of alkyl halides is 3. The minimum absolute atomic E-state index is 0.101. The Hall–Kier alpha value is -2.89. The van der Waals surface area contributed by atoms with Gasteiger partial charge in [-0.15, -0.1) is 13.2 Å². The molecular formula is C28H29F3N2O5S. The van der Waals surface area contributed by atoms with Crippen molar-refractivity contribution in [2.75, 3.05) is 0 Å². The fraction of sp³-hybridized carbons (Fsp3) is 0.464. The molecule has 1 aromatic heterocycles. The third kappa shape index (κ3) is 5.71. The number of aromatic nitrogens is 1. The van der Waals surface area contributed by atoms with Crippen LogP contribution in [0.15, 0.2) is 64.0 Å². The van der Waals surface area contributed by atoms with E-state index >= 15 is 0 Å². The lowest BCUT2D eigenvalue weighted by atomic mass is 9.83. The van der Waals surface area contributed by atoms with Crippen molar-refractivity contribution in [3.8, 4) is 17.0 Å². The van der Waals surface area contributed by atoms with Gasteiger partial charge in [0.25, 0.3) is 0 Å². The van der Waals surface area contributed by atoms with E-state index in [-0.39, 0.29) is 52.7 Å². The number of hydrogen-bond donors (Lipinski definition) is 1. The third-order valence-corrected chi connectivity index (χ3v) is 9.47. The molecule has 1 N–H and O–H groups in total. The summed E-state index contributed by atoms with van der Waals surface area (Å²) in [4.78, 5) is 0.255. The van der Waals surface area contributed by atoms with Gasteiger partial charge in [0, 0.05) is 23.1 Å². The van der Waals surface area contributed by atoms with E-state index in [9.17, 15) is 21.6 Å². The molecule has 2 atom stereocenters. The Kier molecular flexibility index (Phi) is 6.93. The molecule has 3 aromatic rings. The van der Waals surface area contributed by atoms with Gasteiger partial charge in [0.05, 0.1) is 17.6 Å². The van der Waals surface area contributed by atoms with Gasteiger partial charge < -0.3 is 14.0 Å². The van der Waals surface area contributed by atoms with Gasteiger partial charge >= 0.3 is 6.36 Å². The van der Waals surface area contributed by atoms with Crippen molar-refractivity contribution in [1.82, 2.24) is 9.88 Å². The van der Waals surface area contributed by atoms with Crippen LogP contribution in [0, 0.1) is 11.8 Å². The zero-order valence-corrected chi connectivity index (χ0v) is 21.9. The molecule has 2 unspecified atom stereocenters. The summed E-state index contributed by atoms with van der Waals surface area (Å²) in [5.74, 6) is 0.793. The molecule has 0 amide bonds. The van der Waals surface area contributed by atoms with E-state index in [2.05, 4.69) is 14.6 Å². The fourth-order valence-electron chi connectivity index (χ4n) is 6.06. The number of halogens is 3. The van der Waals surface area contributed by atoms with Crippen molar-refractivity contribution in [2.24, 2.45) is 11.8 Å². The van der Waals surface area contributed by atoms with Crippen molar-refractivity contribution in [3.05, 3.63) is 65.9 Å². The van der Waals surface area contributed by atoms with Gasteiger partial charge in [0.2, 0.25) is 10.0 Å². The fourth-order valence-corrected chi connectivity index (χ4v) is 7.46. The van der Waals surface area contributed by atoms with E-state index in [1.807, 2.05) is 0 Å². The smallest absolute Gasteiger partial charge is 0.405 e. The average molecular weight is 563 g/mol. The van der Waals surface area contributed by atoms with Crippen LogP contribution >= 0.6 is 0 Å². The van der Waals surface area contributed by atoms with Crippen LogP contribution in [0.1, 0.15) is 55.8 Å². The molecule has 3 aliphatic carbocycles. The highest BCUT2D eigenvalue weighted by Gasteiger charge is 2.45. The van der Waals surface area contributed by atoms with Gasteiger partial charge in [-0.3, -0.25) is 0 Å². The van der Waals surface area contributed by atoms with Gasteiger partial charge in [-0.1, -0.05) is 35.5 Å². The molecule has 1 heterocycles. The SMILES string of the molecule is O=S(=O)(NC1C2CCC1CC(OCc1c(-c3ccccc3OC(F)(F)F)noc1C1CC1)C2)c1ccccc1. The summed E-state index contributed by atoms with van der Waals surface area (Å²) >= 11 is 0. The monoisotopic (exact) mass is 562 g/mol. The molecule has 0 saturated heterocycles. The molecule has 7 nitrogen and oxygen atoms in total. The molecule has 39 heavy (non-hydrogen) atoms. The predicted molar refractivity (Wildman–Crippen MR) is 135 cm³/mol. The van der Waals surface area contributed by atoms with E-state index < -0.39 is 16.4 Å². The molecule has 2 bridgehead atoms. The Balaban J connectivity index is 1.17. The summed E-state index contributed by atoms with van der Waals surface area (Å²) in [7, 11) is -3.62. The first-order valence-corrected chi connectivity index (χ1v) is 14.7. The minimum atomic E-state index is -4.84. The summed E-state index contributed by atoms with van der Waals surface area (Å²) < 4.78 is 84.2. The third-order valence-electron chi connectivity index (χ3n) is 8.00. The summed E-state index contributed by atoms with van der Waals surface area (Å²) in [5.41, 5.74) is 1.14. The second-order valence-electron chi connectivity index (χ2n) is 10.7. The summed E-state index contributed by atoms with van der Waals surface area (Å²) in [6.07, 6.45) is 0.156. The molecule has 0 radical (unpaired) electrons. The average Bonchev–Trinajstić information content (AvgIpc) is 3.62. The number of nitrogens with zero attached hydrogens (tertiary/aromatic N) is 1. The van der Waals surface area contributed by atoms with Gasteiger partial charge in [-0.2, -0.15) is 0 Å². The zero-order valence-electron chi connectivity index (χ0n) is 21.1. The van der Waals surface area contributed by atoms with Crippen LogP contribution in [-0.2, 0) is 21.4 Å². The Bertz CT molecular complexity index is 1410. The standard InChI is InChI=1S/C28H29F3N2O5S/c29-28(30,31)37-24-9-5-4-8-22(24)26-23(27(38-32-26)17-10-11-17)16-36-20-14-18-12-13-19(15-20)25(18)33-39(34,35)21-6-2-1-3-7-21/h1-9,17-20,25,33H,10-16H2. The van der Waals surface area contributed by atoms with Crippen molar-refractivity contribution >= 4 is 10.0 Å². The van der Waals surface area contributed by atoms with Crippen molar-refractivity contribution in [2.45, 2.75) is 74.5 Å². The maximum Gasteiger partial charge on any atom is 0.573 e. The summed E-state index contributed by atoms with van der Waals surface area (Å²) in [6.45, 7) is 0.148. The number of para-hydroxylation sites is 1. The van der Waals surface area contributed by atoms with E-state index in [0.717, 1.165) is 25.7 Å². The minimum Gasteiger partial charge on any atom is -0.405 e. The normalized spacial score (nSPS) is 25.1. The van der Waals surface area contributed by atoms with Crippen LogP contribution in [0.5, 0.6) is 5.75 Å². The first-order chi connectivity index (χ1) is 18.7. The lowest BCUT2D eigenvalue weighted by molar-refractivity contribution is -0.274. The molecule has 2 aromatic carbocycles. The molecule has 11 heteroatoms. The van der Waals surface area contributed by atoms with Gasteiger partial charge in [-0.25, -0.2) is 13.1 Å². The molecule has 3 saturated carbocycles. The molecule has 208 valence electrons. The van der Waals surface area contributed by atoms with Crippen molar-refractivity contribution < 1.29 is 35.6 Å². The quantitative estimate of drug-likeness (QED) is 0.336. The molecule has 3 fully saturated rings. The highest BCUT2D eigenvalue weighted by molar-refractivity contribution is 7.89. The Morgan fingerprint density at radius 1 is 0.949 bits per heavy atom. The van der Waals surface area contributed by atoms with E-state index in [4.69, 9.17) is 9.26 Å². The highest BCUT2D eigenvalue weighted by atomic mass is 32.2. The van der Waals surface area contributed by atoms with Gasteiger partial charge in [0.15, 0.2) is 0 Å². The summed E-state index contributed by atoms with van der Waals surface area (Å²) in [5, 5.41) is 4.15. The van der Waals surface area contributed by atoms with Crippen LogP contribution in [0.25, 0.3) is 11.3 Å². The highest BCUT2D eigenvalue weighted by Crippen LogP contribution is 2.47. The topological polar surface area (TPSA) is 90.7 Å². The van der Waals surface area contributed by atoms with Crippen LogP contribution in [-0.4, -0.2) is 32.1 Å². The van der Waals surface area contributed by atoms with Crippen LogP contribution < -0.4 is 9.46 Å². The second-order valence-corrected chi connectivity index (χ2v) is 12.4. The lowest BCUT2D eigenvalue weighted by Crippen LogP contribution is -2.46. The lowest BCUT2D eigenvalue weighted by Gasteiger charge is -2.35. The number of rotatable bonds is 9. The first kappa shape index (κ1) is 26.3. The number of benzene rings is 2. The molecule has 0 aliphatic heterocycles. The van der Waals surface area contributed by atoms with E-state index in [1.54, 1.807) is 36.4 Å². The Morgan fingerprint density at radius 3 is 2.28 bits per heavy atom. The van der Waals surface area contributed by atoms with Crippen molar-refractivity contribution in [3.63, 3.8) is 0 Å². The van der Waals surface area contributed by atoms with E-state index in [1.165, 1.54) is 18.2 Å². The number of hydrogen-bond acceptors (Lipinski definition) is 6. The van der Waals surface area contributed by atoms with Crippen LogP contribution in [0.2, 0.25) is 0 Å². The largest absolute Gasteiger partial charge is 0.573 e. The molecular weight excluding hydrogens is 533 g/mol. The summed E-state index contributed by atoms with van der Waals surface area (Å²) in [6, 6.07) is 14.1. The van der Waals surface area contributed by atoms with Gasteiger partial charge in [-0.05, 0) is 74.6 Å². The number of nitrogens with one attached hydrogen (secondary N) is 1. The van der Waals surface area contributed by atoms with Crippen LogP contribution in [0.3, 0.4) is 0 Å². The number of ether oxygens (including phenoxy) is 2. The van der Waals surface area contributed by atoms with E-state index in [0.29, 0.717) is 29.9 Å². The first-order valence-electron chi connectivity index (χ1n) is 13.2. The van der Waals surface area contributed by atoms with Gasteiger partial charge in [0.1, 0.15) is 17.2 Å². The number of sulfonamides is 1. The van der Waals surface area contributed by atoms with Crippen LogP contribution in [0.4, 0.5) is 13.2 Å². The molecule has 0 spiro atoms. The van der Waals surface area contributed by atoms with Crippen molar-refractivity contribution in [1.29, 1.82) is 0 Å².